The van der Waals surface area contributed by atoms with E-state index < -0.39 is 0 Å². The van der Waals surface area contributed by atoms with Crippen molar-refractivity contribution in [3.63, 3.8) is 0 Å². The molecule has 1 aromatic rings. The maximum Gasteiger partial charge on any atom is 0.0419 e. The molecule has 1 aromatic heterocycles. The topological polar surface area (TPSA) is 24.9 Å². The van der Waals surface area contributed by atoms with Crippen LogP contribution in [0.3, 0.4) is 0 Å². The Balaban J connectivity index is 2.22. The van der Waals surface area contributed by atoms with Crippen LogP contribution in [-0.2, 0) is 6.42 Å². The van der Waals surface area contributed by atoms with Gasteiger partial charge in [0.2, 0.25) is 0 Å². The third-order valence-corrected chi connectivity index (χ3v) is 3.05. The van der Waals surface area contributed by atoms with Crippen molar-refractivity contribution >= 4 is 0 Å². The molecule has 0 aliphatic heterocycles. The minimum atomic E-state index is 0.550. The van der Waals surface area contributed by atoms with Crippen LogP contribution in [-0.4, -0.2) is 18.1 Å². The highest BCUT2D eigenvalue weighted by molar-refractivity contribution is 5.05. The van der Waals surface area contributed by atoms with E-state index in [1.807, 2.05) is 25.4 Å². The maximum atomic E-state index is 4.37. The number of rotatable bonds is 9. The molecule has 2 heteroatoms. The summed E-state index contributed by atoms with van der Waals surface area (Å²) >= 11 is 0. The highest BCUT2D eigenvalue weighted by atomic mass is 14.9. The van der Waals surface area contributed by atoms with E-state index in [4.69, 9.17) is 0 Å². The predicted molar refractivity (Wildman–Crippen MR) is 74.1 cm³/mol. The molecule has 0 radical (unpaired) electrons. The molecule has 17 heavy (non-hydrogen) atoms. The smallest absolute Gasteiger partial charge is 0.0419 e. The molecule has 1 rings (SSSR count). The first kappa shape index (κ1) is 13.9. The minimum absolute atomic E-state index is 0.550. The molecule has 0 aliphatic rings. The van der Waals surface area contributed by atoms with Crippen LogP contribution in [0.2, 0.25) is 0 Å². The second-order valence-corrected chi connectivity index (χ2v) is 4.44. The summed E-state index contributed by atoms with van der Waals surface area (Å²) in [5.41, 5.74) is 1.18. The standard InChI is InChI=1S/C15H24N2/c1-3-4-5-6-7-10-14(16-2)13-15-11-8-9-12-17-15/h3,8-9,11-12,14,16H,1,4-7,10,13H2,2H3. The van der Waals surface area contributed by atoms with Crippen LogP contribution in [0, 0.1) is 0 Å². The van der Waals surface area contributed by atoms with Crippen LogP contribution in [0.5, 0.6) is 0 Å². The zero-order valence-corrected chi connectivity index (χ0v) is 10.9. The van der Waals surface area contributed by atoms with E-state index in [0.717, 1.165) is 12.8 Å². The largest absolute Gasteiger partial charge is 0.317 e. The lowest BCUT2D eigenvalue weighted by Gasteiger charge is -2.15. The Labute approximate surface area is 105 Å². The lowest BCUT2D eigenvalue weighted by molar-refractivity contribution is 0.483. The van der Waals surface area contributed by atoms with Crippen LogP contribution in [0.1, 0.15) is 37.8 Å². The molecule has 0 bridgehead atoms. The first-order valence-electron chi connectivity index (χ1n) is 6.55. The molecule has 0 saturated carbocycles. The van der Waals surface area contributed by atoms with Gasteiger partial charge < -0.3 is 5.32 Å². The fourth-order valence-electron chi connectivity index (χ4n) is 1.98. The highest BCUT2D eigenvalue weighted by Gasteiger charge is 2.07. The molecular formula is C15H24N2. The van der Waals surface area contributed by atoms with Crippen molar-refractivity contribution in [2.75, 3.05) is 7.05 Å². The molecule has 1 heterocycles. The number of nitrogens with zero attached hydrogens (tertiary/aromatic N) is 1. The van der Waals surface area contributed by atoms with Gasteiger partial charge in [0.1, 0.15) is 0 Å². The molecule has 0 spiro atoms. The van der Waals surface area contributed by atoms with E-state index in [1.165, 1.54) is 31.4 Å². The molecule has 0 aromatic carbocycles. The molecule has 0 aliphatic carbocycles. The number of hydrogen-bond donors (Lipinski definition) is 1. The Bertz CT molecular complexity index is 295. The Morgan fingerprint density at radius 1 is 1.35 bits per heavy atom. The number of allylic oxidation sites excluding steroid dienone is 1. The number of likely N-dealkylation sites (N-methyl/N-ethyl adjacent to an activating group) is 1. The van der Waals surface area contributed by atoms with Crippen molar-refractivity contribution in [2.24, 2.45) is 0 Å². The third kappa shape index (κ3) is 6.22. The Kier molecular flexibility index (Phi) is 7.32. The Hall–Kier alpha value is -1.15. The fourth-order valence-corrected chi connectivity index (χ4v) is 1.98. The summed E-state index contributed by atoms with van der Waals surface area (Å²) < 4.78 is 0. The summed E-state index contributed by atoms with van der Waals surface area (Å²) in [5, 5.41) is 3.38. The van der Waals surface area contributed by atoms with E-state index in [0.29, 0.717) is 6.04 Å². The average molecular weight is 232 g/mol. The van der Waals surface area contributed by atoms with Crippen LogP contribution in [0.4, 0.5) is 0 Å². The van der Waals surface area contributed by atoms with Crippen molar-refractivity contribution in [3.8, 4) is 0 Å². The van der Waals surface area contributed by atoms with Gasteiger partial charge in [0.15, 0.2) is 0 Å². The summed E-state index contributed by atoms with van der Waals surface area (Å²) in [5.74, 6) is 0. The van der Waals surface area contributed by atoms with Gasteiger partial charge in [-0.15, -0.1) is 6.58 Å². The van der Waals surface area contributed by atoms with Gasteiger partial charge in [-0.2, -0.15) is 0 Å². The van der Waals surface area contributed by atoms with Crippen LogP contribution >= 0.6 is 0 Å². The van der Waals surface area contributed by atoms with Crippen LogP contribution in [0.15, 0.2) is 37.1 Å². The second-order valence-electron chi connectivity index (χ2n) is 4.44. The molecule has 0 fully saturated rings. The maximum absolute atomic E-state index is 4.37. The number of aromatic nitrogens is 1. The van der Waals surface area contributed by atoms with Crippen LogP contribution in [0.25, 0.3) is 0 Å². The zero-order valence-electron chi connectivity index (χ0n) is 10.9. The van der Waals surface area contributed by atoms with Gasteiger partial charge in [0.25, 0.3) is 0 Å². The summed E-state index contributed by atoms with van der Waals surface area (Å²) in [6.45, 7) is 3.74. The lowest BCUT2D eigenvalue weighted by atomic mass is 10.0. The third-order valence-electron chi connectivity index (χ3n) is 3.05. The monoisotopic (exact) mass is 232 g/mol. The quantitative estimate of drug-likeness (QED) is 0.522. The van der Waals surface area contributed by atoms with E-state index in [2.05, 4.69) is 29.0 Å². The van der Waals surface area contributed by atoms with E-state index in [9.17, 15) is 0 Å². The highest BCUT2D eigenvalue weighted by Crippen LogP contribution is 2.09. The summed E-state index contributed by atoms with van der Waals surface area (Å²) in [7, 11) is 2.04. The summed E-state index contributed by atoms with van der Waals surface area (Å²) in [6.07, 6.45) is 11.1. The molecular weight excluding hydrogens is 208 g/mol. The van der Waals surface area contributed by atoms with Gasteiger partial charge in [-0.05, 0) is 38.4 Å². The van der Waals surface area contributed by atoms with Gasteiger partial charge >= 0.3 is 0 Å². The Morgan fingerprint density at radius 2 is 2.24 bits per heavy atom. The second kappa shape index (κ2) is 8.94. The first-order valence-corrected chi connectivity index (χ1v) is 6.55. The van der Waals surface area contributed by atoms with Crippen molar-refractivity contribution in [2.45, 2.75) is 44.6 Å². The number of nitrogens with one attached hydrogen (secondary N) is 1. The summed E-state index contributed by atoms with van der Waals surface area (Å²) in [6, 6.07) is 6.67. The molecule has 1 atom stereocenters. The van der Waals surface area contributed by atoms with E-state index in [1.54, 1.807) is 0 Å². The summed E-state index contributed by atoms with van der Waals surface area (Å²) in [4.78, 5) is 4.37. The first-order chi connectivity index (χ1) is 8.36. The lowest BCUT2D eigenvalue weighted by Crippen LogP contribution is -2.27. The normalized spacial score (nSPS) is 12.3. The van der Waals surface area contributed by atoms with Gasteiger partial charge in [0, 0.05) is 24.4 Å². The van der Waals surface area contributed by atoms with Crippen molar-refractivity contribution in [1.29, 1.82) is 0 Å². The Morgan fingerprint density at radius 3 is 2.88 bits per heavy atom. The van der Waals surface area contributed by atoms with Crippen molar-refractivity contribution in [1.82, 2.24) is 10.3 Å². The zero-order chi connectivity index (χ0) is 12.3. The molecule has 94 valence electrons. The SMILES string of the molecule is C=CCCCCCC(Cc1ccccn1)NC. The molecule has 1 N–H and O–H groups in total. The van der Waals surface area contributed by atoms with E-state index >= 15 is 0 Å². The number of pyridine rings is 1. The van der Waals surface area contributed by atoms with Gasteiger partial charge in [0.05, 0.1) is 0 Å². The van der Waals surface area contributed by atoms with Crippen molar-refractivity contribution in [3.05, 3.63) is 42.7 Å². The minimum Gasteiger partial charge on any atom is -0.317 e. The molecule has 1 unspecified atom stereocenters. The van der Waals surface area contributed by atoms with E-state index in [-0.39, 0.29) is 0 Å². The van der Waals surface area contributed by atoms with Crippen LogP contribution < -0.4 is 5.32 Å². The molecule has 0 saturated heterocycles. The fraction of sp³-hybridized carbons (Fsp3) is 0.533. The van der Waals surface area contributed by atoms with Gasteiger partial charge in [-0.25, -0.2) is 0 Å². The number of unbranched alkanes of at least 4 members (excludes halogenated alkanes) is 3. The van der Waals surface area contributed by atoms with Crippen molar-refractivity contribution < 1.29 is 0 Å². The molecule has 0 amide bonds. The predicted octanol–water partition coefficient (Wildman–Crippen LogP) is 3.35. The van der Waals surface area contributed by atoms with Gasteiger partial charge in [-0.3, -0.25) is 4.98 Å². The molecule has 2 nitrogen and oxygen atoms in total. The number of hydrogen-bond acceptors (Lipinski definition) is 2. The average Bonchev–Trinajstić information content (AvgIpc) is 2.38. The van der Waals surface area contributed by atoms with Gasteiger partial charge in [-0.1, -0.05) is 25.0 Å².